The second-order valence-corrected chi connectivity index (χ2v) is 5.70. The van der Waals surface area contributed by atoms with Gasteiger partial charge in [-0.2, -0.15) is 8.42 Å². The molecule has 6 heteroatoms. The summed E-state index contributed by atoms with van der Waals surface area (Å²) in [5.41, 5.74) is 0.957. The van der Waals surface area contributed by atoms with Crippen LogP contribution in [-0.2, 0) is 14.3 Å². The Morgan fingerprint density at radius 2 is 1.81 bits per heavy atom. The predicted molar refractivity (Wildman–Crippen MR) is 62.8 cm³/mol. The molecule has 0 saturated heterocycles. The molecular formula is C10H18N2O3S. The fourth-order valence-corrected chi connectivity index (χ4v) is 2.37. The van der Waals surface area contributed by atoms with Gasteiger partial charge >= 0.3 is 0 Å². The van der Waals surface area contributed by atoms with Crippen molar-refractivity contribution in [1.82, 2.24) is 9.80 Å². The van der Waals surface area contributed by atoms with Crippen molar-refractivity contribution in [3.63, 3.8) is 0 Å². The average Bonchev–Trinajstić information content (AvgIpc) is 2.46. The van der Waals surface area contributed by atoms with Gasteiger partial charge in [0, 0.05) is 26.5 Å². The third-order valence-electron chi connectivity index (χ3n) is 2.16. The molecule has 1 heterocycles. The Kier molecular flexibility index (Phi) is 3.98. The summed E-state index contributed by atoms with van der Waals surface area (Å²) in [4.78, 5) is 3.39. The third kappa shape index (κ3) is 3.53. The minimum Gasteiger partial charge on any atom is -0.336 e. The van der Waals surface area contributed by atoms with E-state index in [1.54, 1.807) is 42.4 Å². The van der Waals surface area contributed by atoms with E-state index < -0.39 is 16.5 Å². The Labute approximate surface area is 97.1 Å². The second kappa shape index (κ2) is 4.88. The van der Waals surface area contributed by atoms with Crippen molar-refractivity contribution in [3.05, 3.63) is 24.0 Å². The van der Waals surface area contributed by atoms with Gasteiger partial charge in [-0.1, -0.05) is 11.6 Å². The number of nitrogens with zero attached hydrogens (tertiary/aromatic N) is 2. The molecule has 1 aliphatic rings. The second-order valence-electron chi connectivity index (χ2n) is 4.06. The summed E-state index contributed by atoms with van der Waals surface area (Å²) in [6.07, 6.45) is 4.59. The topological polar surface area (TPSA) is 49.9 Å². The zero-order valence-electron chi connectivity index (χ0n) is 10.0. The summed E-state index contributed by atoms with van der Waals surface area (Å²) in [6.45, 7) is 3.70. The number of hydrogen-bond acceptors (Lipinski definition) is 5. The average molecular weight is 246 g/mol. The lowest BCUT2D eigenvalue weighted by molar-refractivity contribution is 0.00531. The van der Waals surface area contributed by atoms with Gasteiger partial charge in [0.2, 0.25) is 6.35 Å². The first-order valence-corrected chi connectivity index (χ1v) is 6.56. The van der Waals surface area contributed by atoms with E-state index in [-0.39, 0.29) is 5.75 Å². The van der Waals surface area contributed by atoms with E-state index in [2.05, 4.69) is 0 Å². The van der Waals surface area contributed by atoms with Crippen LogP contribution >= 0.6 is 0 Å². The van der Waals surface area contributed by atoms with Crippen molar-refractivity contribution >= 4 is 10.1 Å². The minimum atomic E-state index is -3.53. The lowest BCUT2D eigenvalue weighted by atomic mass is 10.3. The van der Waals surface area contributed by atoms with Crippen molar-refractivity contribution in [2.24, 2.45) is 0 Å². The van der Waals surface area contributed by atoms with Gasteiger partial charge in [-0.25, -0.2) is 4.18 Å². The Bertz CT molecular complexity index is 384. The molecule has 0 aromatic carbocycles. The first-order chi connectivity index (χ1) is 7.32. The summed E-state index contributed by atoms with van der Waals surface area (Å²) in [7, 11) is 0.00433. The zero-order chi connectivity index (χ0) is 12.3. The van der Waals surface area contributed by atoms with E-state index in [4.69, 9.17) is 4.18 Å². The lowest BCUT2D eigenvalue weighted by Crippen LogP contribution is -2.38. The molecule has 1 aliphatic heterocycles. The van der Waals surface area contributed by atoms with Gasteiger partial charge in [-0.3, -0.25) is 0 Å². The third-order valence-corrected chi connectivity index (χ3v) is 3.20. The molecule has 0 radical (unpaired) electrons. The molecule has 92 valence electrons. The molecular weight excluding hydrogens is 228 g/mol. The van der Waals surface area contributed by atoms with Crippen LogP contribution in [0.4, 0.5) is 0 Å². The number of rotatable bonds is 4. The monoisotopic (exact) mass is 246 g/mol. The summed E-state index contributed by atoms with van der Waals surface area (Å²) >= 11 is 0. The van der Waals surface area contributed by atoms with Crippen LogP contribution in [0.15, 0.2) is 24.0 Å². The molecule has 0 aliphatic carbocycles. The van der Waals surface area contributed by atoms with Crippen LogP contribution in [0, 0.1) is 0 Å². The molecule has 16 heavy (non-hydrogen) atoms. The lowest BCUT2D eigenvalue weighted by Gasteiger charge is -2.26. The van der Waals surface area contributed by atoms with Crippen LogP contribution in [0.1, 0.15) is 13.8 Å². The predicted octanol–water partition coefficient (Wildman–Crippen LogP) is 0.931. The van der Waals surface area contributed by atoms with Gasteiger partial charge in [-0.05, 0) is 13.8 Å². The van der Waals surface area contributed by atoms with E-state index in [1.807, 2.05) is 13.8 Å². The van der Waals surface area contributed by atoms with Crippen molar-refractivity contribution in [2.45, 2.75) is 20.2 Å². The van der Waals surface area contributed by atoms with Crippen molar-refractivity contribution in [3.8, 4) is 0 Å². The molecule has 0 fully saturated rings. The molecule has 0 aromatic rings. The normalized spacial score (nSPS) is 17.0. The Hall–Kier alpha value is -1.01. The minimum absolute atomic E-state index is 0.0898. The maximum Gasteiger partial charge on any atom is 0.274 e. The van der Waals surface area contributed by atoms with Gasteiger partial charge < -0.3 is 9.80 Å². The summed E-state index contributed by atoms with van der Waals surface area (Å²) in [5, 5.41) is 0. The van der Waals surface area contributed by atoms with E-state index in [1.165, 1.54) is 0 Å². The molecule has 0 atom stereocenters. The van der Waals surface area contributed by atoms with Crippen molar-refractivity contribution in [1.29, 1.82) is 0 Å². The highest BCUT2D eigenvalue weighted by molar-refractivity contribution is 7.86. The van der Waals surface area contributed by atoms with E-state index in [0.717, 1.165) is 5.57 Å². The highest BCUT2D eigenvalue weighted by Crippen LogP contribution is 2.15. The molecule has 0 N–H and O–H groups in total. The van der Waals surface area contributed by atoms with E-state index in [0.29, 0.717) is 0 Å². The van der Waals surface area contributed by atoms with Crippen LogP contribution in [0.3, 0.4) is 0 Å². The fourth-order valence-electron chi connectivity index (χ4n) is 1.22. The van der Waals surface area contributed by atoms with Gasteiger partial charge in [0.05, 0.1) is 5.75 Å². The Morgan fingerprint density at radius 3 is 2.25 bits per heavy atom. The van der Waals surface area contributed by atoms with Crippen LogP contribution in [0.25, 0.3) is 0 Å². The SMILES string of the molecule is CC(C)=CCS(=O)(=O)OC1N(C)C=CN1C. The largest absolute Gasteiger partial charge is 0.336 e. The van der Waals surface area contributed by atoms with Crippen LogP contribution in [0.5, 0.6) is 0 Å². The highest BCUT2D eigenvalue weighted by atomic mass is 32.2. The van der Waals surface area contributed by atoms with E-state index in [9.17, 15) is 8.42 Å². The van der Waals surface area contributed by atoms with Gasteiger partial charge in [0.25, 0.3) is 10.1 Å². The summed E-state index contributed by atoms with van der Waals surface area (Å²) < 4.78 is 28.4. The van der Waals surface area contributed by atoms with E-state index >= 15 is 0 Å². The molecule has 1 rings (SSSR count). The maximum absolute atomic E-state index is 11.6. The Balaban J connectivity index is 2.63. The summed E-state index contributed by atoms with van der Waals surface area (Å²) in [5.74, 6) is -0.0898. The first-order valence-electron chi connectivity index (χ1n) is 4.98. The number of hydrogen-bond donors (Lipinski definition) is 0. The Morgan fingerprint density at radius 1 is 1.31 bits per heavy atom. The zero-order valence-corrected chi connectivity index (χ0v) is 10.9. The van der Waals surface area contributed by atoms with Crippen LogP contribution in [-0.4, -0.2) is 44.4 Å². The maximum atomic E-state index is 11.6. The number of allylic oxidation sites excluding steroid dienone is 1. The molecule has 0 unspecified atom stereocenters. The van der Waals surface area contributed by atoms with Crippen LogP contribution < -0.4 is 0 Å². The smallest absolute Gasteiger partial charge is 0.274 e. The standard InChI is InChI=1S/C10H18N2O3S/c1-9(2)5-8-16(13,14)15-10-11(3)6-7-12(10)4/h5-7,10H,8H2,1-4H3. The van der Waals surface area contributed by atoms with Gasteiger partial charge in [-0.15, -0.1) is 0 Å². The molecule has 0 aromatic heterocycles. The molecule has 5 nitrogen and oxygen atoms in total. The van der Waals surface area contributed by atoms with Crippen molar-refractivity contribution in [2.75, 3.05) is 19.8 Å². The molecule has 0 amide bonds. The van der Waals surface area contributed by atoms with Crippen LogP contribution in [0.2, 0.25) is 0 Å². The van der Waals surface area contributed by atoms with Crippen molar-refractivity contribution < 1.29 is 12.6 Å². The fraction of sp³-hybridized carbons (Fsp3) is 0.600. The molecule has 0 spiro atoms. The van der Waals surface area contributed by atoms with Gasteiger partial charge in [0.15, 0.2) is 0 Å². The molecule has 0 bridgehead atoms. The first kappa shape index (κ1) is 13.1. The summed E-state index contributed by atoms with van der Waals surface area (Å²) in [6, 6.07) is 0. The quantitative estimate of drug-likeness (QED) is 0.545. The highest BCUT2D eigenvalue weighted by Gasteiger charge is 2.26. The van der Waals surface area contributed by atoms with Gasteiger partial charge in [0.1, 0.15) is 0 Å². The molecule has 0 saturated carbocycles.